The first-order valence-electron chi connectivity index (χ1n) is 7.19. The summed E-state index contributed by atoms with van der Waals surface area (Å²) in [5.41, 5.74) is 1.80. The van der Waals surface area contributed by atoms with Crippen LogP contribution in [0, 0.1) is 0 Å². The summed E-state index contributed by atoms with van der Waals surface area (Å²) in [6.45, 7) is 5.52. The maximum absolute atomic E-state index is 12.1. The van der Waals surface area contributed by atoms with Crippen molar-refractivity contribution in [2.75, 3.05) is 30.9 Å². The van der Waals surface area contributed by atoms with E-state index in [1.807, 2.05) is 57.1 Å². The van der Waals surface area contributed by atoms with E-state index in [4.69, 9.17) is 0 Å². The first-order chi connectivity index (χ1) is 9.85. The Morgan fingerprint density at radius 1 is 1.19 bits per heavy atom. The Kier molecular flexibility index (Phi) is 6.21. The molecule has 0 radical (unpaired) electrons. The number of anilines is 2. The van der Waals surface area contributed by atoms with Crippen LogP contribution in [0.2, 0.25) is 0 Å². The van der Waals surface area contributed by atoms with Crippen molar-refractivity contribution >= 4 is 23.2 Å². The molecule has 0 aliphatic rings. The van der Waals surface area contributed by atoms with E-state index in [1.165, 1.54) is 6.92 Å². The number of carbonyl (C=O) groups excluding carboxylic acids is 2. The molecule has 1 N–H and O–H groups in total. The summed E-state index contributed by atoms with van der Waals surface area (Å²) in [6, 6.07) is 7.65. The lowest BCUT2D eigenvalue weighted by Gasteiger charge is -2.26. The molecule has 1 rings (SSSR count). The molecule has 5 heteroatoms. The minimum Gasteiger partial charge on any atom is -0.378 e. The topological polar surface area (TPSA) is 52.7 Å². The number of nitrogens with one attached hydrogen (secondary N) is 1. The zero-order valence-corrected chi connectivity index (χ0v) is 13.5. The smallest absolute Gasteiger partial charge is 0.244 e. The summed E-state index contributed by atoms with van der Waals surface area (Å²) in [5.74, 6) is -0.259. The maximum atomic E-state index is 12.1. The fourth-order valence-corrected chi connectivity index (χ4v) is 2.00. The Labute approximate surface area is 126 Å². The quantitative estimate of drug-likeness (QED) is 0.875. The summed E-state index contributed by atoms with van der Waals surface area (Å²) >= 11 is 0. The van der Waals surface area contributed by atoms with E-state index < -0.39 is 0 Å². The van der Waals surface area contributed by atoms with Gasteiger partial charge in [-0.15, -0.1) is 0 Å². The van der Waals surface area contributed by atoms with Gasteiger partial charge in [0.05, 0.1) is 0 Å². The second-order valence-electron chi connectivity index (χ2n) is 5.39. The Balaban J connectivity index is 2.65. The molecular weight excluding hydrogens is 266 g/mol. The van der Waals surface area contributed by atoms with Crippen molar-refractivity contribution in [1.82, 2.24) is 4.90 Å². The molecule has 1 aromatic rings. The van der Waals surface area contributed by atoms with Crippen molar-refractivity contribution in [1.29, 1.82) is 0 Å². The van der Waals surface area contributed by atoms with Crippen molar-refractivity contribution in [2.24, 2.45) is 0 Å². The number of rotatable bonds is 6. The summed E-state index contributed by atoms with van der Waals surface area (Å²) < 4.78 is 0. The van der Waals surface area contributed by atoms with E-state index in [9.17, 15) is 9.59 Å². The van der Waals surface area contributed by atoms with Gasteiger partial charge < -0.3 is 15.1 Å². The molecule has 2 amide bonds. The number of hydrogen-bond acceptors (Lipinski definition) is 3. The predicted octanol–water partition coefficient (Wildman–Crippen LogP) is 2.34. The normalized spacial score (nSPS) is 11.7. The third kappa shape index (κ3) is 5.10. The number of amides is 2. The van der Waals surface area contributed by atoms with Gasteiger partial charge in [0.25, 0.3) is 0 Å². The summed E-state index contributed by atoms with van der Waals surface area (Å²) in [4.78, 5) is 27.2. The second-order valence-corrected chi connectivity index (χ2v) is 5.39. The molecule has 5 nitrogen and oxygen atoms in total. The van der Waals surface area contributed by atoms with Gasteiger partial charge in [-0.2, -0.15) is 0 Å². The van der Waals surface area contributed by atoms with Gasteiger partial charge in [-0.05, 0) is 37.6 Å². The predicted molar refractivity (Wildman–Crippen MR) is 86.5 cm³/mol. The van der Waals surface area contributed by atoms with Crippen molar-refractivity contribution in [3.63, 3.8) is 0 Å². The van der Waals surface area contributed by atoms with Gasteiger partial charge in [-0.1, -0.05) is 6.92 Å². The molecule has 0 heterocycles. The lowest BCUT2D eigenvalue weighted by molar-refractivity contribution is -0.134. The molecule has 0 aliphatic carbocycles. The minimum atomic E-state index is -0.178. The Morgan fingerprint density at radius 2 is 1.76 bits per heavy atom. The highest BCUT2D eigenvalue weighted by molar-refractivity contribution is 5.94. The van der Waals surface area contributed by atoms with Gasteiger partial charge in [0.15, 0.2) is 0 Å². The highest BCUT2D eigenvalue weighted by Crippen LogP contribution is 2.15. The number of benzene rings is 1. The molecule has 0 saturated carbocycles. The molecular formula is C16H25N3O2. The van der Waals surface area contributed by atoms with Crippen LogP contribution < -0.4 is 10.2 Å². The highest BCUT2D eigenvalue weighted by atomic mass is 16.2. The molecule has 0 aromatic heterocycles. The van der Waals surface area contributed by atoms with Gasteiger partial charge in [0.1, 0.15) is 6.54 Å². The van der Waals surface area contributed by atoms with Crippen LogP contribution in [-0.2, 0) is 9.59 Å². The van der Waals surface area contributed by atoms with Crippen molar-refractivity contribution < 1.29 is 9.59 Å². The summed E-state index contributed by atoms with van der Waals surface area (Å²) in [7, 11) is 3.93. The minimum absolute atomic E-state index is 0.0596. The van der Waals surface area contributed by atoms with Crippen molar-refractivity contribution in [2.45, 2.75) is 33.2 Å². The molecule has 0 aliphatic heterocycles. The Morgan fingerprint density at radius 3 is 2.19 bits per heavy atom. The second kappa shape index (κ2) is 7.67. The van der Waals surface area contributed by atoms with Gasteiger partial charge in [-0.25, -0.2) is 0 Å². The SMILES string of the molecule is CCC(C)N(CC(=O)Nc1ccc(N(C)C)cc1)C(C)=O. The Bertz CT molecular complexity index is 483. The van der Waals surface area contributed by atoms with E-state index in [1.54, 1.807) is 4.90 Å². The number of carbonyl (C=O) groups is 2. The van der Waals surface area contributed by atoms with Crippen LogP contribution in [0.25, 0.3) is 0 Å². The lowest BCUT2D eigenvalue weighted by atomic mass is 10.2. The molecule has 0 fully saturated rings. The largest absolute Gasteiger partial charge is 0.378 e. The molecule has 1 atom stereocenters. The maximum Gasteiger partial charge on any atom is 0.244 e. The monoisotopic (exact) mass is 291 g/mol. The first kappa shape index (κ1) is 17.0. The van der Waals surface area contributed by atoms with Crippen LogP contribution in [-0.4, -0.2) is 43.4 Å². The molecule has 1 unspecified atom stereocenters. The van der Waals surface area contributed by atoms with Crippen LogP contribution in [0.15, 0.2) is 24.3 Å². The molecule has 0 bridgehead atoms. The fourth-order valence-electron chi connectivity index (χ4n) is 2.00. The van der Waals surface area contributed by atoms with Gasteiger partial charge >= 0.3 is 0 Å². The first-order valence-corrected chi connectivity index (χ1v) is 7.19. The number of hydrogen-bond donors (Lipinski definition) is 1. The molecule has 21 heavy (non-hydrogen) atoms. The van der Waals surface area contributed by atoms with Crippen LogP contribution in [0.4, 0.5) is 11.4 Å². The van der Waals surface area contributed by atoms with Gasteiger partial charge in [-0.3, -0.25) is 9.59 Å². The van der Waals surface area contributed by atoms with Crippen molar-refractivity contribution in [3.05, 3.63) is 24.3 Å². The summed E-state index contributed by atoms with van der Waals surface area (Å²) in [6.07, 6.45) is 0.824. The number of nitrogens with zero attached hydrogens (tertiary/aromatic N) is 2. The average Bonchev–Trinajstić information content (AvgIpc) is 2.44. The third-order valence-electron chi connectivity index (χ3n) is 3.51. The zero-order chi connectivity index (χ0) is 16.0. The Hall–Kier alpha value is -2.04. The molecule has 116 valence electrons. The molecule has 1 aromatic carbocycles. The highest BCUT2D eigenvalue weighted by Gasteiger charge is 2.18. The molecule has 0 saturated heterocycles. The molecule has 0 spiro atoms. The summed E-state index contributed by atoms with van der Waals surface area (Å²) in [5, 5.41) is 2.82. The van der Waals surface area contributed by atoms with Gasteiger partial charge in [0.2, 0.25) is 11.8 Å². The van der Waals surface area contributed by atoms with Crippen LogP contribution in [0.1, 0.15) is 27.2 Å². The van der Waals surface area contributed by atoms with E-state index >= 15 is 0 Å². The van der Waals surface area contributed by atoms with E-state index in [-0.39, 0.29) is 24.4 Å². The van der Waals surface area contributed by atoms with E-state index in [2.05, 4.69) is 5.32 Å². The standard InChI is InChI=1S/C16H25N3O2/c1-6-12(2)19(13(3)20)11-16(21)17-14-7-9-15(10-8-14)18(4)5/h7-10,12H,6,11H2,1-5H3,(H,17,21). The lowest BCUT2D eigenvalue weighted by Crippen LogP contribution is -2.42. The van der Waals surface area contributed by atoms with Crippen LogP contribution >= 0.6 is 0 Å². The third-order valence-corrected chi connectivity index (χ3v) is 3.51. The van der Waals surface area contributed by atoms with Crippen LogP contribution in [0.5, 0.6) is 0 Å². The van der Waals surface area contributed by atoms with Crippen molar-refractivity contribution in [3.8, 4) is 0 Å². The van der Waals surface area contributed by atoms with Crippen LogP contribution in [0.3, 0.4) is 0 Å². The zero-order valence-electron chi connectivity index (χ0n) is 13.5. The van der Waals surface area contributed by atoms with Gasteiger partial charge in [0, 0.05) is 38.4 Å². The fraction of sp³-hybridized carbons (Fsp3) is 0.500. The average molecular weight is 291 g/mol. The van der Waals surface area contributed by atoms with E-state index in [0.29, 0.717) is 0 Å². The van der Waals surface area contributed by atoms with E-state index in [0.717, 1.165) is 17.8 Å².